The summed E-state index contributed by atoms with van der Waals surface area (Å²) in [4.78, 5) is 2.37. The van der Waals surface area contributed by atoms with Crippen molar-refractivity contribution < 1.29 is 4.42 Å². The fourth-order valence-corrected chi connectivity index (χ4v) is 8.53. The predicted molar refractivity (Wildman–Crippen MR) is 202 cm³/mol. The Labute approximate surface area is 275 Å². The van der Waals surface area contributed by atoms with Crippen molar-refractivity contribution in [1.82, 2.24) is 0 Å². The van der Waals surface area contributed by atoms with E-state index in [2.05, 4.69) is 163 Å². The van der Waals surface area contributed by atoms with Crippen LogP contribution in [-0.4, -0.2) is 0 Å². The third-order valence-electron chi connectivity index (χ3n) is 9.47. The lowest BCUT2D eigenvalue weighted by Crippen LogP contribution is -2.10. The van der Waals surface area contributed by atoms with Gasteiger partial charge < -0.3 is 9.32 Å². The summed E-state index contributed by atoms with van der Waals surface area (Å²) in [5.41, 5.74) is 7.41. The molecule has 0 amide bonds. The summed E-state index contributed by atoms with van der Waals surface area (Å²) in [6.45, 7) is 0. The van der Waals surface area contributed by atoms with E-state index in [1.165, 1.54) is 52.8 Å². The number of hydrogen-bond donors (Lipinski definition) is 0. The third-order valence-corrected chi connectivity index (χ3v) is 10.7. The predicted octanol–water partition coefficient (Wildman–Crippen LogP) is 13.4. The van der Waals surface area contributed by atoms with Gasteiger partial charge in [0.05, 0.1) is 11.4 Å². The number of fused-ring (bicyclic) bond motifs is 9. The lowest BCUT2D eigenvalue weighted by molar-refractivity contribution is 0.669. The summed E-state index contributed by atoms with van der Waals surface area (Å²) in [6, 6.07) is 58.9. The molecule has 0 spiro atoms. The Bertz CT molecular complexity index is 2800. The zero-order chi connectivity index (χ0) is 30.9. The van der Waals surface area contributed by atoms with Gasteiger partial charge in [-0.15, -0.1) is 11.3 Å². The Morgan fingerprint density at radius 1 is 0.426 bits per heavy atom. The number of benzene rings is 8. The maximum atomic E-state index is 6.63. The van der Waals surface area contributed by atoms with Crippen molar-refractivity contribution in [1.29, 1.82) is 0 Å². The van der Waals surface area contributed by atoms with Crippen LogP contribution in [0.15, 0.2) is 168 Å². The van der Waals surface area contributed by atoms with Gasteiger partial charge in [-0.1, -0.05) is 127 Å². The minimum atomic E-state index is 0.881. The van der Waals surface area contributed by atoms with Crippen LogP contribution in [0.1, 0.15) is 0 Å². The fourth-order valence-electron chi connectivity index (χ4n) is 7.30. The van der Waals surface area contributed by atoms with Gasteiger partial charge in [0.2, 0.25) is 0 Å². The van der Waals surface area contributed by atoms with E-state index in [9.17, 15) is 0 Å². The molecule has 10 rings (SSSR count). The van der Waals surface area contributed by atoms with E-state index in [0.717, 1.165) is 39.0 Å². The third kappa shape index (κ3) is 4.04. The van der Waals surface area contributed by atoms with Crippen LogP contribution in [0.4, 0.5) is 17.1 Å². The van der Waals surface area contributed by atoms with Gasteiger partial charge >= 0.3 is 0 Å². The van der Waals surface area contributed by atoms with Gasteiger partial charge in [-0.2, -0.15) is 0 Å². The normalized spacial score (nSPS) is 11.8. The Hall–Kier alpha value is -5.90. The van der Waals surface area contributed by atoms with Gasteiger partial charge in [0.1, 0.15) is 5.58 Å². The summed E-state index contributed by atoms with van der Waals surface area (Å²) in [5, 5.41) is 9.83. The molecule has 0 N–H and O–H groups in total. The molecule has 0 aliphatic carbocycles. The largest absolute Gasteiger partial charge is 0.454 e. The van der Waals surface area contributed by atoms with Crippen molar-refractivity contribution in [3.63, 3.8) is 0 Å². The van der Waals surface area contributed by atoms with Crippen LogP contribution in [0, 0.1) is 0 Å². The molecule has 0 aliphatic rings. The number of nitrogens with zero attached hydrogens (tertiary/aromatic N) is 1. The minimum Gasteiger partial charge on any atom is -0.454 e. The highest BCUT2D eigenvalue weighted by Crippen LogP contribution is 2.47. The van der Waals surface area contributed by atoms with Crippen LogP contribution in [0.25, 0.3) is 74.8 Å². The molecule has 0 unspecified atom stereocenters. The molecule has 2 nitrogen and oxygen atoms in total. The molecule has 3 heteroatoms. The smallest absolute Gasteiger partial charge is 0.159 e. The number of anilines is 3. The van der Waals surface area contributed by atoms with E-state index in [-0.39, 0.29) is 0 Å². The Balaban J connectivity index is 1.23. The quantitative estimate of drug-likeness (QED) is 0.195. The van der Waals surface area contributed by atoms with Gasteiger partial charge in [-0.25, -0.2) is 0 Å². The van der Waals surface area contributed by atoms with E-state index in [4.69, 9.17) is 4.42 Å². The molecule has 2 aromatic heterocycles. The lowest BCUT2D eigenvalue weighted by atomic mass is 9.98. The highest BCUT2D eigenvalue weighted by molar-refractivity contribution is 7.26. The number of furan rings is 1. The molecule has 0 atom stereocenters. The van der Waals surface area contributed by atoms with Gasteiger partial charge in [0.15, 0.2) is 5.58 Å². The molecule has 0 fully saturated rings. The first-order valence-electron chi connectivity index (χ1n) is 15.9. The Morgan fingerprint density at radius 2 is 1.06 bits per heavy atom. The molecular weight excluding hydrogens is 591 g/mol. The second-order valence-electron chi connectivity index (χ2n) is 12.1. The van der Waals surface area contributed by atoms with Crippen molar-refractivity contribution in [2.24, 2.45) is 0 Å². The van der Waals surface area contributed by atoms with Gasteiger partial charge in [0, 0.05) is 47.4 Å². The first-order valence-corrected chi connectivity index (χ1v) is 16.7. The Kier molecular flexibility index (Phi) is 5.78. The molecule has 47 heavy (non-hydrogen) atoms. The first-order chi connectivity index (χ1) is 23.3. The zero-order valence-electron chi connectivity index (χ0n) is 25.4. The van der Waals surface area contributed by atoms with Crippen molar-refractivity contribution in [2.45, 2.75) is 0 Å². The van der Waals surface area contributed by atoms with Gasteiger partial charge in [-0.05, 0) is 58.3 Å². The van der Waals surface area contributed by atoms with E-state index >= 15 is 0 Å². The number of rotatable bonds is 4. The number of hydrogen-bond acceptors (Lipinski definition) is 3. The van der Waals surface area contributed by atoms with Crippen LogP contribution in [0.2, 0.25) is 0 Å². The van der Waals surface area contributed by atoms with Crippen molar-refractivity contribution in [3.8, 4) is 11.1 Å². The van der Waals surface area contributed by atoms with Crippen LogP contribution < -0.4 is 4.90 Å². The fraction of sp³-hybridized carbons (Fsp3) is 0. The molecule has 0 bridgehead atoms. The molecule has 0 radical (unpaired) electrons. The summed E-state index contributed by atoms with van der Waals surface area (Å²) in [7, 11) is 0. The molecule has 10 aromatic rings. The second kappa shape index (κ2) is 10.3. The monoisotopic (exact) mass is 617 g/mol. The molecule has 220 valence electrons. The Morgan fingerprint density at radius 3 is 1.96 bits per heavy atom. The van der Waals surface area contributed by atoms with Crippen LogP contribution in [0.3, 0.4) is 0 Å². The average Bonchev–Trinajstić information content (AvgIpc) is 3.71. The number of para-hydroxylation sites is 2. The SMILES string of the molecule is c1ccc2c(-c3ccc(N(c4cccc5c4ccc4c6ccccc6sc54)c4cccc5c4oc4ccccc45)cc3)cccc2c1. The van der Waals surface area contributed by atoms with Gasteiger partial charge in [-0.3, -0.25) is 0 Å². The molecule has 2 heterocycles. The summed E-state index contributed by atoms with van der Waals surface area (Å²) >= 11 is 1.87. The van der Waals surface area contributed by atoms with Crippen molar-refractivity contribution >= 4 is 92.1 Å². The summed E-state index contributed by atoms with van der Waals surface area (Å²) < 4.78 is 9.26. The van der Waals surface area contributed by atoms with Gasteiger partial charge in [0.25, 0.3) is 0 Å². The summed E-state index contributed by atoms with van der Waals surface area (Å²) in [6.07, 6.45) is 0. The highest BCUT2D eigenvalue weighted by Gasteiger charge is 2.22. The molecule has 0 aliphatic heterocycles. The first kappa shape index (κ1) is 26.3. The molecule has 0 saturated carbocycles. The number of thiophene rings is 1. The second-order valence-corrected chi connectivity index (χ2v) is 13.1. The lowest BCUT2D eigenvalue weighted by Gasteiger charge is -2.27. The van der Waals surface area contributed by atoms with E-state index < -0.39 is 0 Å². The highest BCUT2D eigenvalue weighted by atomic mass is 32.1. The van der Waals surface area contributed by atoms with E-state index in [0.29, 0.717) is 0 Å². The standard InChI is InChI=1S/C44H27NOS/c1-2-12-31-28(10-1)11-7-15-32(31)29-22-24-30(25-23-29)45(40-19-8-16-36-34-13-3-5-20-41(34)46-43(36)40)39-18-9-17-37-33(39)26-27-38-35-14-4-6-21-42(35)47-44(37)38/h1-27H. The van der Waals surface area contributed by atoms with Crippen LogP contribution in [-0.2, 0) is 0 Å². The van der Waals surface area contributed by atoms with E-state index in [1.54, 1.807) is 0 Å². The zero-order valence-corrected chi connectivity index (χ0v) is 26.2. The summed E-state index contributed by atoms with van der Waals surface area (Å²) in [5.74, 6) is 0. The average molecular weight is 618 g/mol. The minimum absolute atomic E-state index is 0.881. The molecule has 8 aromatic carbocycles. The maximum absolute atomic E-state index is 6.63. The van der Waals surface area contributed by atoms with Crippen LogP contribution in [0.5, 0.6) is 0 Å². The topological polar surface area (TPSA) is 16.4 Å². The van der Waals surface area contributed by atoms with Crippen molar-refractivity contribution in [2.75, 3.05) is 4.90 Å². The van der Waals surface area contributed by atoms with Crippen LogP contribution >= 0.6 is 11.3 Å². The molecule has 0 saturated heterocycles. The van der Waals surface area contributed by atoms with E-state index in [1.807, 2.05) is 17.4 Å². The molecular formula is C44H27NOS. The van der Waals surface area contributed by atoms with Crippen molar-refractivity contribution in [3.05, 3.63) is 164 Å². The maximum Gasteiger partial charge on any atom is 0.159 e.